The molecule has 1 fully saturated rings. The molecule has 2 N–H and O–H groups in total. The second-order valence-corrected chi connectivity index (χ2v) is 5.24. The molecule has 0 saturated heterocycles. The molecule has 2 nitrogen and oxygen atoms in total. The van der Waals surface area contributed by atoms with E-state index in [1.165, 1.54) is 12.8 Å². The number of hydrogen-bond donors (Lipinski definition) is 2. The van der Waals surface area contributed by atoms with Gasteiger partial charge in [0.2, 0.25) is 0 Å². The molecule has 0 aromatic heterocycles. The molecule has 3 rings (SSSR count). The number of para-hydroxylation sites is 1. The van der Waals surface area contributed by atoms with Crippen LogP contribution in [0.25, 0.3) is 0 Å². The lowest BCUT2D eigenvalue weighted by Gasteiger charge is -2.20. The van der Waals surface area contributed by atoms with E-state index in [-0.39, 0.29) is 6.61 Å². The maximum Gasteiger partial charge on any atom is 0.0701 e. The number of aliphatic hydroxyl groups is 1. The third kappa shape index (κ3) is 2.09. The van der Waals surface area contributed by atoms with Gasteiger partial charge in [0.05, 0.1) is 6.61 Å². The molecule has 3 unspecified atom stereocenters. The number of hydrogen-bond acceptors (Lipinski definition) is 2. The average Bonchev–Trinajstić information content (AvgIpc) is 2.98. The van der Waals surface area contributed by atoms with Crippen LogP contribution in [0.2, 0.25) is 0 Å². The van der Waals surface area contributed by atoms with E-state index >= 15 is 0 Å². The average molecular weight is 229 g/mol. The Morgan fingerprint density at radius 2 is 2.06 bits per heavy atom. The first-order chi connectivity index (χ1) is 8.36. The number of aliphatic hydroxyl groups excluding tert-OH is 1. The first-order valence-electron chi connectivity index (χ1n) is 6.48. The highest BCUT2D eigenvalue weighted by atomic mass is 16.3. The number of allylic oxidation sites excluding steroid dienone is 2. The number of benzene rings is 1. The van der Waals surface area contributed by atoms with Gasteiger partial charge in [0.1, 0.15) is 0 Å². The molecule has 2 aliphatic carbocycles. The molecule has 1 saturated carbocycles. The number of anilines is 1. The van der Waals surface area contributed by atoms with Crippen molar-refractivity contribution >= 4 is 5.69 Å². The second kappa shape index (κ2) is 4.53. The molecule has 2 bridgehead atoms. The fourth-order valence-electron chi connectivity index (χ4n) is 3.20. The predicted octanol–water partition coefficient (Wildman–Crippen LogP) is 2.80. The Hall–Kier alpha value is -1.28. The molecule has 2 aliphatic rings. The first-order valence-corrected chi connectivity index (χ1v) is 6.48. The van der Waals surface area contributed by atoms with Crippen molar-refractivity contribution in [1.29, 1.82) is 0 Å². The summed E-state index contributed by atoms with van der Waals surface area (Å²) < 4.78 is 0. The predicted molar refractivity (Wildman–Crippen MR) is 69.7 cm³/mol. The molecule has 1 aromatic rings. The van der Waals surface area contributed by atoms with Crippen LogP contribution < -0.4 is 5.32 Å². The molecular formula is C15H19NO. The minimum atomic E-state index is 0.111. The van der Waals surface area contributed by atoms with Crippen molar-refractivity contribution in [3.63, 3.8) is 0 Å². The van der Waals surface area contributed by atoms with E-state index in [4.69, 9.17) is 0 Å². The summed E-state index contributed by atoms with van der Waals surface area (Å²) in [4.78, 5) is 0. The monoisotopic (exact) mass is 229 g/mol. The van der Waals surface area contributed by atoms with E-state index in [9.17, 15) is 5.11 Å². The zero-order valence-electron chi connectivity index (χ0n) is 9.97. The molecule has 17 heavy (non-hydrogen) atoms. The van der Waals surface area contributed by atoms with Gasteiger partial charge < -0.3 is 10.4 Å². The van der Waals surface area contributed by atoms with Gasteiger partial charge in [0.15, 0.2) is 0 Å². The third-order valence-corrected chi connectivity index (χ3v) is 4.16. The Morgan fingerprint density at radius 1 is 1.18 bits per heavy atom. The fourth-order valence-corrected chi connectivity index (χ4v) is 3.20. The summed E-state index contributed by atoms with van der Waals surface area (Å²) >= 11 is 0. The molecule has 1 aromatic carbocycles. The Balaban J connectivity index is 1.62. The molecule has 3 atom stereocenters. The van der Waals surface area contributed by atoms with Crippen molar-refractivity contribution < 1.29 is 5.11 Å². The summed E-state index contributed by atoms with van der Waals surface area (Å²) in [7, 11) is 0. The molecule has 0 spiro atoms. The van der Waals surface area contributed by atoms with Crippen LogP contribution in [0.4, 0.5) is 5.69 Å². The molecular weight excluding hydrogens is 210 g/mol. The van der Waals surface area contributed by atoms with Gasteiger partial charge in [0, 0.05) is 17.8 Å². The van der Waals surface area contributed by atoms with E-state index in [1.807, 2.05) is 18.2 Å². The quantitative estimate of drug-likeness (QED) is 0.778. The highest BCUT2D eigenvalue weighted by Crippen LogP contribution is 2.43. The normalized spacial score (nSPS) is 29.8. The maximum absolute atomic E-state index is 9.26. The minimum Gasteiger partial charge on any atom is -0.392 e. The van der Waals surface area contributed by atoms with Gasteiger partial charge in [-0.2, -0.15) is 0 Å². The fraction of sp³-hybridized carbons (Fsp3) is 0.467. The minimum absolute atomic E-state index is 0.111. The first kappa shape index (κ1) is 10.8. The van der Waals surface area contributed by atoms with Crippen molar-refractivity contribution in [2.75, 3.05) is 11.9 Å². The van der Waals surface area contributed by atoms with E-state index < -0.39 is 0 Å². The summed E-state index contributed by atoms with van der Waals surface area (Å²) in [6.07, 6.45) is 7.45. The van der Waals surface area contributed by atoms with Crippen molar-refractivity contribution in [2.45, 2.75) is 19.4 Å². The summed E-state index contributed by atoms with van der Waals surface area (Å²) in [6.45, 7) is 1.14. The lowest BCUT2D eigenvalue weighted by molar-refractivity contribution is 0.282. The van der Waals surface area contributed by atoms with Crippen LogP contribution >= 0.6 is 0 Å². The van der Waals surface area contributed by atoms with Crippen LogP contribution in [0.1, 0.15) is 18.4 Å². The van der Waals surface area contributed by atoms with E-state index in [1.54, 1.807) is 0 Å². The zero-order valence-corrected chi connectivity index (χ0v) is 9.97. The van der Waals surface area contributed by atoms with Gasteiger partial charge in [-0.05, 0) is 36.7 Å². The summed E-state index contributed by atoms with van der Waals surface area (Å²) in [5.41, 5.74) is 2.08. The van der Waals surface area contributed by atoms with Crippen LogP contribution in [0, 0.1) is 17.8 Å². The number of fused-ring (bicyclic) bond motifs is 2. The molecule has 2 heteroatoms. The van der Waals surface area contributed by atoms with Crippen LogP contribution in [-0.4, -0.2) is 11.7 Å². The van der Waals surface area contributed by atoms with Crippen molar-refractivity contribution in [3.05, 3.63) is 42.0 Å². The van der Waals surface area contributed by atoms with Gasteiger partial charge in [-0.25, -0.2) is 0 Å². The van der Waals surface area contributed by atoms with E-state index in [0.29, 0.717) is 0 Å². The number of rotatable bonds is 4. The SMILES string of the molecule is OCc1ccccc1NCC1CC2C=CC1C2. The Kier molecular flexibility index (Phi) is 2.89. The highest BCUT2D eigenvalue weighted by Gasteiger charge is 2.35. The standard InChI is InChI=1S/C15H19NO/c17-10-13-3-1-2-4-15(13)16-9-14-8-11-5-6-12(14)7-11/h1-6,11-12,14,16-17H,7-10H2. The van der Waals surface area contributed by atoms with Crippen LogP contribution in [0.5, 0.6) is 0 Å². The van der Waals surface area contributed by atoms with Crippen molar-refractivity contribution in [3.8, 4) is 0 Å². The highest BCUT2D eigenvalue weighted by molar-refractivity contribution is 5.50. The van der Waals surface area contributed by atoms with Crippen molar-refractivity contribution in [1.82, 2.24) is 0 Å². The summed E-state index contributed by atoms with van der Waals surface area (Å²) in [5.74, 6) is 2.39. The van der Waals surface area contributed by atoms with Gasteiger partial charge in [-0.15, -0.1) is 0 Å². The van der Waals surface area contributed by atoms with Crippen LogP contribution in [0.15, 0.2) is 36.4 Å². The van der Waals surface area contributed by atoms with Gasteiger partial charge in [-0.1, -0.05) is 30.4 Å². The van der Waals surface area contributed by atoms with E-state index in [0.717, 1.165) is 35.5 Å². The molecule has 90 valence electrons. The lowest BCUT2D eigenvalue weighted by Crippen LogP contribution is -2.18. The second-order valence-electron chi connectivity index (χ2n) is 5.24. The zero-order chi connectivity index (χ0) is 11.7. The largest absolute Gasteiger partial charge is 0.392 e. The van der Waals surface area contributed by atoms with E-state index in [2.05, 4.69) is 23.5 Å². The van der Waals surface area contributed by atoms with Gasteiger partial charge in [-0.3, -0.25) is 0 Å². The smallest absolute Gasteiger partial charge is 0.0701 e. The molecule has 0 heterocycles. The Morgan fingerprint density at radius 3 is 2.76 bits per heavy atom. The summed E-state index contributed by atoms with van der Waals surface area (Å²) in [5, 5.41) is 12.8. The summed E-state index contributed by atoms with van der Waals surface area (Å²) in [6, 6.07) is 8.01. The van der Waals surface area contributed by atoms with Gasteiger partial charge in [0.25, 0.3) is 0 Å². The van der Waals surface area contributed by atoms with Crippen LogP contribution in [0.3, 0.4) is 0 Å². The Labute approximate surface area is 102 Å². The van der Waals surface area contributed by atoms with Crippen LogP contribution in [-0.2, 0) is 6.61 Å². The topological polar surface area (TPSA) is 32.3 Å². The van der Waals surface area contributed by atoms with Gasteiger partial charge >= 0.3 is 0 Å². The molecule has 0 radical (unpaired) electrons. The van der Waals surface area contributed by atoms with Crippen molar-refractivity contribution in [2.24, 2.45) is 17.8 Å². The third-order valence-electron chi connectivity index (χ3n) is 4.16. The molecule has 0 aliphatic heterocycles. The number of nitrogens with one attached hydrogen (secondary N) is 1. The Bertz CT molecular complexity index is 427. The lowest BCUT2D eigenvalue weighted by atomic mass is 9.93. The molecule has 0 amide bonds. The maximum atomic E-state index is 9.26.